The van der Waals surface area contributed by atoms with Crippen LogP contribution in [-0.4, -0.2) is 11.9 Å². The number of carbonyl (C=O) groups excluding carboxylic acids is 1. The van der Waals surface area contributed by atoms with Crippen molar-refractivity contribution in [3.05, 3.63) is 35.1 Å². The first kappa shape index (κ1) is 12.5. The molecule has 5 heteroatoms. The maximum atomic E-state index is 13.1. The summed E-state index contributed by atoms with van der Waals surface area (Å²) >= 11 is 0. The van der Waals surface area contributed by atoms with Gasteiger partial charge in [-0.25, -0.2) is 13.2 Å². The van der Waals surface area contributed by atoms with Gasteiger partial charge in [-0.3, -0.25) is 4.79 Å². The van der Waals surface area contributed by atoms with Crippen molar-refractivity contribution in [2.45, 2.75) is 31.7 Å². The molecule has 0 atom stereocenters. The highest BCUT2D eigenvalue weighted by molar-refractivity contribution is 5.94. The number of carbonyl (C=O) groups is 1. The Kier molecular flexibility index (Phi) is 2.99. The molecule has 0 bridgehead atoms. The summed E-state index contributed by atoms with van der Waals surface area (Å²) in [6.45, 7) is 0. The molecule has 1 N–H and O–H groups in total. The number of nitrogens with one attached hydrogen (secondary N) is 1. The van der Waals surface area contributed by atoms with Crippen LogP contribution in [0.15, 0.2) is 12.1 Å². The number of hydrogen-bond donors (Lipinski definition) is 1. The number of hydrogen-bond acceptors (Lipinski definition) is 1. The number of halogens is 3. The number of benzene rings is 1. The third-order valence-corrected chi connectivity index (χ3v) is 3.80. The van der Waals surface area contributed by atoms with E-state index in [2.05, 4.69) is 5.32 Å². The molecule has 0 aliphatic heterocycles. The van der Waals surface area contributed by atoms with Crippen LogP contribution in [0.4, 0.5) is 13.2 Å². The van der Waals surface area contributed by atoms with Gasteiger partial charge in [-0.15, -0.1) is 0 Å². The molecule has 0 heterocycles. The molecular weight excluding hydrogens is 255 g/mol. The van der Waals surface area contributed by atoms with Crippen molar-refractivity contribution in [2.75, 3.05) is 0 Å². The Balaban J connectivity index is 1.76. The fraction of sp³-hybridized carbons (Fsp3) is 0.500. The van der Waals surface area contributed by atoms with Gasteiger partial charge in [0.2, 0.25) is 0 Å². The SMILES string of the molecule is O=C(NC(C1CC1)C1CC1)c1cc(F)c(F)c(F)c1. The van der Waals surface area contributed by atoms with E-state index in [0.717, 1.165) is 37.8 Å². The number of rotatable bonds is 4. The number of amides is 1. The molecule has 0 spiro atoms. The zero-order valence-corrected chi connectivity index (χ0v) is 10.3. The average Bonchev–Trinajstić information content (AvgIpc) is 3.25. The predicted molar refractivity (Wildman–Crippen MR) is 63.0 cm³/mol. The fourth-order valence-corrected chi connectivity index (χ4v) is 2.45. The van der Waals surface area contributed by atoms with Crippen molar-refractivity contribution >= 4 is 5.91 Å². The molecule has 0 aromatic heterocycles. The average molecular weight is 269 g/mol. The van der Waals surface area contributed by atoms with Gasteiger partial charge in [-0.2, -0.15) is 0 Å². The van der Waals surface area contributed by atoms with E-state index in [-0.39, 0.29) is 11.6 Å². The van der Waals surface area contributed by atoms with Crippen molar-refractivity contribution < 1.29 is 18.0 Å². The van der Waals surface area contributed by atoms with Gasteiger partial charge < -0.3 is 5.32 Å². The lowest BCUT2D eigenvalue weighted by Gasteiger charge is -2.17. The summed E-state index contributed by atoms with van der Waals surface area (Å²) in [7, 11) is 0. The molecule has 0 saturated heterocycles. The van der Waals surface area contributed by atoms with Crippen molar-refractivity contribution in [3.8, 4) is 0 Å². The van der Waals surface area contributed by atoms with Crippen LogP contribution in [0.5, 0.6) is 0 Å². The summed E-state index contributed by atoms with van der Waals surface area (Å²) in [4.78, 5) is 12.0. The Morgan fingerprint density at radius 2 is 1.53 bits per heavy atom. The molecule has 3 rings (SSSR count). The quantitative estimate of drug-likeness (QED) is 0.836. The van der Waals surface area contributed by atoms with Crippen LogP contribution >= 0.6 is 0 Å². The van der Waals surface area contributed by atoms with Crippen molar-refractivity contribution in [3.63, 3.8) is 0 Å². The van der Waals surface area contributed by atoms with Crippen LogP contribution in [0.2, 0.25) is 0 Å². The topological polar surface area (TPSA) is 29.1 Å². The van der Waals surface area contributed by atoms with E-state index in [1.54, 1.807) is 0 Å². The second-order valence-corrected chi connectivity index (χ2v) is 5.43. The van der Waals surface area contributed by atoms with Gasteiger partial charge >= 0.3 is 0 Å². The van der Waals surface area contributed by atoms with E-state index >= 15 is 0 Å². The first-order valence-corrected chi connectivity index (χ1v) is 6.51. The second kappa shape index (κ2) is 4.54. The summed E-state index contributed by atoms with van der Waals surface area (Å²) in [6, 6.07) is 1.58. The normalized spacial score (nSPS) is 18.7. The van der Waals surface area contributed by atoms with Crippen LogP contribution < -0.4 is 5.32 Å². The van der Waals surface area contributed by atoms with Crippen LogP contribution in [0.3, 0.4) is 0 Å². The van der Waals surface area contributed by atoms with Crippen LogP contribution in [-0.2, 0) is 0 Å². The van der Waals surface area contributed by atoms with Crippen molar-refractivity contribution in [1.82, 2.24) is 5.32 Å². The Morgan fingerprint density at radius 1 is 1.05 bits per heavy atom. The molecule has 2 saturated carbocycles. The molecule has 2 aliphatic rings. The lowest BCUT2D eigenvalue weighted by molar-refractivity contribution is 0.0925. The predicted octanol–water partition coefficient (Wildman–Crippen LogP) is 3.02. The van der Waals surface area contributed by atoms with Crippen LogP contribution in [0.25, 0.3) is 0 Å². The smallest absolute Gasteiger partial charge is 0.251 e. The van der Waals surface area contributed by atoms with E-state index < -0.39 is 23.4 Å². The Labute approximate surface area is 109 Å². The lowest BCUT2D eigenvalue weighted by atomic mass is 10.1. The largest absolute Gasteiger partial charge is 0.349 e. The van der Waals surface area contributed by atoms with E-state index in [1.165, 1.54) is 0 Å². The molecule has 1 amide bonds. The van der Waals surface area contributed by atoms with Crippen LogP contribution in [0.1, 0.15) is 36.0 Å². The highest BCUT2D eigenvalue weighted by Crippen LogP contribution is 2.44. The van der Waals surface area contributed by atoms with Gasteiger partial charge in [0.15, 0.2) is 17.5 Å². The van der Waals surface area contributed by atoms with Crippen molar-refractivity contribution in [1.29, 1.82) is 0 Å². The Hall–Kier alpha value is -1.52. The zero-order valence-electron chi connectivity index (χ0n) is 10.3. The summed E-state index contributed by atoms with van der Waals surface area (Å²) in [5.41, 5.74) is -0.164. The Bertz CT molecular complexity index is 488. The van der Waals surface area contributed by atoms with Crippen LogP contribution in [0, 0.1) is 29.3 Å². The first-order valence-electron chi connectivity index (χ1n) is 6.51. The van der Waals surface area contributed by atoms with E-state index in [4.69, 9.17) is 0 Å². The molecule has 1 aromatic carbocycles. The monoisotopic (exact) mass is 269 g/mol. The van der Waals surface area contributed by atoms with Gasteiger partial charge in [0, 0.05) is 11.6 Å². The minimum Gasteiger partial charge on any atom is -0.349 e. The second-order valence-electron chi connectivity index (χ2n) is 5.43. The van der Waals surface area contributed by atoms with Gasteiger partial charge in [0.25, 0.3) is 5.91 Å². The Morgan fingerprint density at radius 3 is 1.95 bits per heavy atom. The van der Waals surface area contributed by atoms with E-state index in [1.807, 2.05) is 0 Å². The highest BCUT2D eigenvalue weighted by atomic mass is 19.2. The molecule has 2 aliphatic carbocycles. The molecule has 19 heavy (non-hydrogen) atoms. The molecule has 1 aromatic rings. The summed E-state index contributed by atoms with van der Waals surface area (Å²) in [6.07, 6.45) is 4.36. The van der Waals surface area contributed by atoms with Gasteiger partial charge in [-0.05, 0) is 49.7 Å². The maximum absolute atomic E-state index is 13.1. The summed E-state index contributed by atoms with van der Waals surface area (Å²) in [5, 5.41) is 2.84. The summed E-state index contributed by atoms with van der Waals surface area (Å²) < 4.78 is 39.0. The minimum atomic E-state index is -1.54. The molecule has 102 valence electrons. The summed E-state index contributed by atoms with van der Waals surface area (Å²) in [5.74, 6) is -3.75. The highest BCUT2D eigenvalue weighted by Gasteiger charge is 2.42. The zero-order chi connectivity index (χ0) is 13.6. The van der Waals surface area contributed by atoms with E-state index in [0.29, 0.717) is 11.8 Å². The van der Waals surface area contributed by atoms with Crippen molar-refractivity contribution in [2.24, 2.45) is 11.8 Å². The molecule has 0 unspecified atom stereocenters. The lowest BCUT2D eigenvalue weighted by Crippen LogP contribution is -2.38. The minimum absolute atomic E-state index is 0.101. The molecular formula is C14H14F3NO. The standard InChI is InChI=1S/C14H14F3NO/c15-10-5-9(6-11(16)12(10)17)14(19)18-13(7-1-2-7)8-3-4-8/h5-8,13H,1-4H2,(H,18,19). The first-order chi connectivity index (χ1) is 9.06. The third-order valence-electron chi connectivity index (χ3n) is 3.80. The fourth-order valence-electron chi connectivity index (χ4n) is 2.45. The molecule has 2 fully saturated rings. The van der Waals surface area contributed by atoms with Gasteiger partial charge in [0.1, 0.15) is 0 Å². The van der Waals surface area contributed by atoms with Gasteiger partial charge in [-0.1, -0.05) is 0 Å². The molecule has 2 nitrogen and oxygen atoms in total. The van der Waals surface area contributed by atoms with E-state index in [9.17, 15) is 18.0 Å². The third kappa shape index (κ3) is 2.60. The molecule has 0 radical (unpaired) electrons. The maximum Gasteiger partial charge on any atom is 0.251 e. The van der Waals surface area contributed by atoms with Gasteiger partial charge in [0.05, 0.1) is 0 Å².